The lowest BCUT2D eigenvalue weighted by molar-refractivity contribution is -0.742. The standard InChI is InChI=1S/C16H21N3O2.2ClH.HNO3/c1-21-15-4-2-3-13-14(5-6-17-16(13)15)19-9-7-18(8-10-19)11-12-20;;;2-1(3)4/h2-6,20H,7-12H2,1H3;2*1H;(H,2,3,4). The topological polar surface area (TPSA) is 112 Å². The van der Waals surface area contributed by atoms with Crippen molar-refractivity contribution >= 4 is 41.4 Å². The third-order valence-electron chi connectivity index (χ3n) is 4.06. The van der Waals surface area contributed by atoms with Crippen molar-refractivity contribution in [3.8, 4) is 5.75 Å². The van der Waals surface area contributed by atoms with Crippen molar-refractivity contribution < 1.29 is 20.1 Å². The Bertz CT molecular complexity index is 710. The summed E-state index contributed by atoms with van der Waals surface area (Å²) >= 11 is 0. The first-order chi connectivity index (χ1) is 12.1. The molecule has 0 radical (unpaired) electrons. The molecule has 3 rings (SSSR count). The highest BCUT2D eigenvalue weighted by molar-refractivity contribution is 5.95. The summed E-state index contributed by atoms with van der Waals surface area (Å²) in [5.74, 6) is 0.813. The molecule has 0 spiro atoms. The number of fused-ring (bicyclic) bond motifs is 1. The average Bonchev–Trinajstić information content (AvgIpc) is 2.61. The van der Waals surface area contributed by atoms with E-state index >= 15 is 0 Å². The molecule has 0 saturated carbocycles. The van der Waals surface area contributed by atoms with E-state index in [0.29, 0.717) is 0 Å². The van der Waals surface area contributed by atoms with Crippen molar-refractivity contribution in [2.45, 2.75) is 0 Å². The fraction of sp³-hybridized carbons (Fsp3) is 0.438. The summed E-state index contributed by atoms with van der Waals surface area (Å²) in [5, 5.41) is 23.8. The first-order valence-electron chi connectivity index (χ1n) is 7.90. The zero-order valence-corrected chi connectivity index (χ0v) is 16.5. The fourth-order valence-corrected chi connectivity index (χ4v) is 2.93. The number of anilines is 1. The van der Waals surface area contributed by atoms with Gasteiger partial charge in [0.15, 0.2) is 0 Å². The first kappa shape index (κ1) is 24.9. The Morgan fingerprint density at radius 1 is 1.22 bits per heavy atom. The van der Waals surface area contributed by atoms with Crippen LogP contribution in [0.5, 0.6) is 5.75 Å². The minimum atomic E-state index is -1.50. The van der Waals surface area contributed by atoms with Gasteiger partial charge in [-0.3, -0.25) is 9.88 Å². The van der Waals surface area contributed by atoms with E-state index in [1.165, 1.54) is 5.69 Å². The van der Waals surface area contributed by atoms with Gasteiger partial charge < -0.3 is 20.0 Å². The summed E-state index contributed by atoms with van der Waals surface area (Å²) in [5.41, 5.74) is 2.12. The zero-order valence-electron chi connectivity index (χ0n) is 14.9. The number of methoxy groups -OCH3 is 1. The fourth-order valence-electron chi connectivity index (χ4n) is 2.93. The van der Waals surface area contributed by atoms with Crippen LogP contribution in [0.4, 0.5) is 5.69 Å². The number of nitrogens with zero attached hydrogens (tertiary/aromatic N) is 4. The van der Waals surface area contributed by atoms with Crippen LogP contribution in [0.3, 0.4) is 0 Å². The Morgan fingerprint density at radius 2 is 1.85 bits per heavy atom. The van der Waals surface area contributed by atoms with Crippen LogP contribution < -0.4 is 9.64 Å². The summed E-state index contributed by atoms with van der Waals surface area (Å²) in [6, 6.07) is 8.12. The van der Waals surface area contributed by atoms with Crippen molar-refractivity contribution in [2.75, 3.05) is 51.3 Å². The molecule has 1 aliphatic rings. The predicted molar refractivity (Wildman–Crippen MR) is 107 cm³/mol. The number of ether oxygens (including phenoxy) is 1. The van der Waals surface area contributed by atoms with E-state index in [2.05, 4.69) is 26.9 Å². The third kappa shape index (κ3) is 6.87. The molecule has 0 bridgehead atoms. The summed E-state index contributed by atoms with van der Waals surface area (Å²) in [4.78, 5) is 17.5. The molecule has 11 heteroatoms. The maximum Gasteiger partial charge on any atom is 0.291 e. The number of aliphatic hydroxyl groups excluding tert-OH is 1. The van der Waals surface area contributed by atoms with Crippen LogP contribution >= 0.6 is 24.8 Å². The second kappa shape index (κ2) is 12.3. The Morgan fingerprint density at radius 3 is 2.41 bits per heavy atom. The van der Waals surface area contributed by atoms with E-state index in [0.717, 1.165) is 49.4 Å². The lowest BCUT2D eigenvalue weighted by atomic mass is 10.1. The van der Waals surface area contributed by atoms with Crippen molar-refractivity contribution in [3.63, 3.8) is 0 Å². The van der Waals surface area contributed by atoms with Crippen LogP contribution in [0.2, 0.25) is 0 Å². The maximum absolute atomic E-state index is 9.02. The smallest absolute Gasteiger partial charge is 0.291 e. The molecule has 1 saturated heterocycles. The number of halogens is 2. The van der Waals surface area contributed by atoms with E-state index in [1.807, 2.05) is 18.3 Å². The Balaban J connectivity index is 0.00000103. The van der Waals surface area contributed by atoms with Gasteiger partial charge in [-0.2, -0.15) is 0 Å². The van der Waals surface area contributed by atoms with Crippen molar-refractivity contribution in [1.82, 2.24) is 9.88 Å². The highest BCUT2D eigenvalue weighted by Crippen LogP contribution is 2.31. The number of hydrogen-bond donors (Lipinski definition) is 2. The Labute approximate surface area is 169 Å². The van der Waals surface area contributed by atoms with Gasteiger partial charge in [0.05, 0.1) is 13.7 Å². The number of para-hydroxylation sites is 1. The number of aromatic nitrogens is 1. The number of rotatable bonds is 4. The van der Waals surface area contributed by atoms with Crippen LogP contribution in [0.15, 0.2) is 30.5 Å². The highest BCUT2D eigenvalue weighted by Gasteiger charge is 2.19. The molecule has 0 aliphatic carbocycles. The van der Waals surface area contributed by atoms with Gasteiger partial charge in [0, 0.05) is 50.0 Å². The van der Waals surface area contributed by atoms with E-state index in [9.17, 15) is 0 Å². The molecule has 1 fully saturated rings. The van der Waals surface area contributed by atoms with E-state index < -0.39 is 5.09 Å². The maximum atomic E-state index is 9.02. The number of pyridine rings is 1. The van der Waals surface area contributed by atoms with Gasteiger partial charge in [-0.25, -0.2) is 0 Å². The third-order valence-corrected chi connectivity index (χ3v) is 4.06. The molecule has 2 aromatic rings. The molecule has 2 N–H and O–H groups in total. The first-order valence-corrected chi connectivity index (χ1v) is 7.90. The molecule has 27 heavy (non-hydrogen) atoms. The summed E-state index contributed by atoms with van der Waals surface area (Å²) < 4.78 is 5.40. The lowest BCUT2D eigenvalue weighted by Crippen LogP contribution is -2.47. The minimum absolute atomic E-state index is 0. The van der Waals surface area contributed by atoms with Gasteiger partial charge in [-0.1, -0.05) is 12.1 Å². The monoisotopic (exact) mass is 422 g/mol. The lowest BCUT2D eigenvalue weighted by Gasteiger charge is -2.36. The number of β-amino-alcohol motifs (C(OH)–C–C–N with tert-alkyl or cyclic N) is 1. The Hall–Kier alpha value is -2.07. The number of hydrogen-bond acceptors (Lipinski definition) is 7. The van der Waals surface area contributed by atoms with Crippen LogP contribution in [0.25, 0.3) is 10.9 Å². The second-order valence-corrected chi connectivity index (χ2v) is 5.48. The van der Waals surface area contributed by atoms with E-state index in [4.69, 9.17) is 25.2 Å². The molecule has 1 aromatic carbocycles. The van der Waals surface area contributed by atoms with Gasteiger partial charge in [0.1, 0.15) is 11.3 Å². The van der Waals surface area contributed by atoms with Gasteiger partial charge in [-0.15, -0.1) is 34.9 Å². The minimum Gasteiger partial charge on any atom is -0.494 e. The van der Waals surface area contributed by atoms with Crippen molar-refractivity contribution in [2.24, 2.45) is 0 Å². The zero-order chi connectivity index (χ0) is 18.2. The van der Waals surface area contributed by atoms with E-state index in [1.54, 1.807) is 7.11 Å². The van der Waals surface area contributed by atoms with Crippen molar-refractivity contribution in [1.29, 1.82) is 0 Å². The van der Waals surface area contributed by atoms with Crippen LogP contribution in [-0.4, -0.2) is 71.7 Å². The van der Waals surface area contributed by atoms with Crippen LogP contribution in [-0.2, 0) is 0 Å². The van der Waals surface area contributed by atoms with Crippen molar-refractivity contribution in [3.05, 3.63) is 40.6 Å². The largest absolute Gasteiger partial charge is 0.494 e. The van der Waals surface area contributed by atoms with E-state index in [-0.39, 0.29) is 31.4 Å². The molecule has 0 unspecified atom stereocenters. The SMILES string of the molecule is COc1cccc2c(N3CCN(CCO)CC3)ccnc12.Cl.Cl.O=[N+]([O-])O. The predicted octanol–water partition coefficient (Wildman–Crippen LogP) is 1.85. The van der Waals surface area contributed by atoms with Gasteiger partial charge in [0.25, 0.3) is 5.09 Å². The number of aliphatic hydroxyl groups is 1. The van der Waals surface area contributed by atoms with Crippen LogP contribution in [0.1, 0.15) is 0 Å². The molecular formula is C16H24Cl2N4O5. The van der Waals surface area contributed by atoms with Gasteiger partial charge in [-0.05, 0) is 12.1 Å². The summed E-state index contributed by atoms with van der Waals surface area (Å²) in [6.45, 7) is 4.89. The van der Waals surface area contributed by atoms with Gasteiger partial charge >= 0.3 is 0 Å². The molecule has 0 atom stereocenters. The molecule has 2 heterocycles. The Kier molecular flexibility index (Phi) is 11.4. The molecule has 0 amide bonds. The quantitative estimate of drug-likeness (QED) is 0.566. The second-order valence-electron chi connectivity index (χ2n) is 5.48. The normalized spacial score (nSPS) is 13.6. The number of piperazine rings is 1. The molecule has 1 aliphatic heterocycles. The summed E-state index contributed by atoms with van der Waals surface area (Å²) in [6.07, 6.45) is 1.85. The summed E-state index contributed by atoms with van der Waals surface area (Å²) in [7, 11) is 1.68. The van der Waals surface area contributed by atoms with Crippen LogP contribution in [0, 0.1) is 10.1 Å². The highest BCUT2D eigenvalue weighted by atomic mass is 35.5. The average molecular weight is 423 g/mol. The molecule has 1 aromatic heterocycles. The molecule has 9 nitrogen and oxygen atoms in total. The molecule has 152 valence electrons. The van der Waals surface area contributed by atoms with Gasteiger partial charge in [0.2, 0.25) is 0 Å². The molecular weight excluding hydrogens is 399 g/mol. The number of benzene rings is 1.